The molecule has 0 aliphatic heterocycles. The van der Waals surface area contributed by atoms with Gasteiger partial charge in [0.05, 0.1) is 13.2 Å². The molecule has 1 aromatic rings. The molecule has 0 fully saturated rings. The van der Waals surface area contributed by atoms with Crippen LogP contribution in [0.2, 0.25) is 0 Å². The van der Waals surface area contributed by atoms with Gasteiger partial charge < -0.3 is 14.5 Å². The Morgan fingerprint density at radius 3 is 2.56 bits per heavy atom. The van der Waals surface area contributed by atoms with Crippen LogP contribution in [0.1, 0.15) is 32.6 Å². The first-order valence-electron chi connectivity index (χ1n) is 5.79. The molecule has 104 valence electrons. The van der Waals surface area contributed by atoms with Gasteiger partial charge in [-0.3, -0.25) is 0 Å². The fraction of sp³-hybridized carbons (Fsp3) is 0.818. The summed E-state index contributed by atoms with van der Waals surface area (Å²) in [6.07, 6.45) is -2.10. The first-order valence-corrected chi connectivity index (χ1v) is 5.79. The summed E-state index contributed by atoms with van der Waals surface area (Å²) in [6, 6.07) is 0. The second-order valence-corrected chi connectivity index (χ2v) is 4.91. The molecule has 18 heavy (non-hydrogen) atoms. The molecule has 5 nitrogen and oxygen atoms in total. The number of halogens is 2. The summed E-state index contributed by atoms with van der Waals surface area (Å²) in [5.74, 6) is 0.878. The highest BCUT2D eigenvalue weighted by molar-refractivity contribution is 4.83. The van der Waals surface area contributed by atoms with Gasteiger partial charge in [0.1, 0.15) is 6.61 Å². The van der Waals surface area contributed by atoms with E-state index in [1.165, 1.54) is 0 Å². The lowest BCUT2D eigenvalue weighted by Crippen LogP contribution is -2.35. The number of aromatic nitrogens is 2. The Balaban J connectivity index is 2.26. The Bertz CT molecular complexity index is 350. The number of hydrogen-bond donors (Lipinski definition) is 1. The quantitative estimate of drug-likeness (QED) is 0.760. The molecule has 1 rings (SSSR count). The average molecular weight is 263 g/mol. The van der Waals surface area contributed by atoms with Crippen molar-refractivity contribution in [2.45, 2.75) is 45.7 Å². The van der Waals surface area contributed by atoms with Crippen LogP contribution in [0.4, 0.5) is 8.78 Å². The molecule has 7 heteroatoms. The van der Waals surface area contributed by atoms with Gasteiger partial charge in [-0.1, -0.05) is 0 Å². The molecule has 0 saturated carbocycles. The Hall–Kier alpha value is -1.08. The van der Waals surface area contributed by atoms with Crippen molar-refractivity contribution in [2.24, 2.45) is 0 Å². The van der Waals surface area contributed by atoms with Gasteiger partial charge in [0.25, 0.3) is 6.43 Å². The van der Waals surface area contributed by atoms with Gasteiger partial charge in [0.2, 0.25) is 11.8 Å². The molecule has 1 N–H and O–H groups in total. The zero-order valence-electron chi connectivity index (χ0n) is 10.9. The maximum Gasteiger partial charge on any atom is 0.261 e. The van der Waals surface area contributed by atoms with Crippen LogP contribution in [-0.2, 0) is 17.7 Å². The molecule has 0 unspecified atom stereocenters. The van der Waals surface area contributed by atoms with Gasteiger partial charge in [0, 0.05) is 12.0 Å². The molecule has 0 atom stereocenters. The van der Waals surface area contributed by atoms with E-state index in [1.54, 1.807) is 0 Å². The smallest absolute Gasteiger partial charge is 0.261 e. The molecular weight excluding hydrogens is 244 g/mol. The van der Waals surface area contributed by atoms with E-state index in [2.05, 4.69) is 15.5 Å². The van der Waals surface area contributed by atoms with Crippen molar-refractivity contribution in [1.82, 2.24) is 15.5 Å². The van der Waals surface area contributed by atoms with Crippen molar-refractivity contribution >= 4 is 0 Å². The van der Waals surface area contributed by atoms with Crippen LogP contribution >= 0.6 is 0 Å². The van der Waals surface area contributed by atoms with E-state index in [9.17, 15) is 8.78 Å². The predicted octanol–water partition coefficient (Wildman–Crippen LogP) is 1.78. The van der Waals surface area contributed by atoms with Gasteiger partial charge in [0.15, 0.2) is 0 Å². The van der Waals surface area contributed by atoms with Crippen molar-refractivity contribution in [1.29, 1.82) is 0 Å². The molecule has 1 aromatic heterocycles. The number of nitrogens with one attached hydrogen (secondary N) is 1. The van der Waals surface area contributed by atoms with Crippen LogP contribution in [0.15, 0.2) is 4.42 Å². The molecule has 0 radical (unpaired) electrons. The van der Waals surface area contributed by atoms with Gasteiger partial charge in [-0.25, -0.2) is 8.78 Å². The van der Waals surface area contributed by atoms with Gasteiger partial charge in [-0.05, 0) is 20.8 Å². The van der Waals surface area contributed by atoms with E-state index in [0.29, 0.717) is 24.7 Å². The zero-order chi connectivity index (χ0) is 13.6. The van der Waals surface area contributed by atoms with Crippen molar-refractivity contribution in [3.8, 4) is 0 Å². The number of alkyl halides is 2. The Kier molecular flexibility index (Phi) is 5.61. The zero-order valence-corrected chi connectivity index (χ0v) is 10.9. The van der Waals surface area contributed by atoms with Crippen molar-refractivity contribution in [2.75, 3.05) is 13.2 Å². The average Bonchev–Trinajstić information content (AvgIpc) is 2.68. The Labute approximate surface area is 105 Å². The largest absolute Gasteiger partial charge is 0.424 e. The van der Waals surface area contributed by atoms with Crippen LogP contribution in [0.3, 0.4) is 0 Å². The minimum atomic E-state index is -2.45. The molecule has 1 heterocycles. The minimum absolute atomic E-state index is 0.0327. The van der Waals surface area contributed by atoms with Crippen LogP contribution in [0, 0.1) is 0 Å². The SMILES string of the molecule is CC(C)(C)NCc1nnc(CCOCC(F)F)o1. The van der Waals surface area contributed by atoms with Crippen LogP contribution in [0.25, 0.3) is 0 Å². The molecule has 0 saturated heterocycles. The standard InChI is InChI=1S/C11H19F2N3O2/c1-11(2,3)14-6-10-16-15-9(18-10)4-5-17-7-8(12)13/h8,14H,4-7H2,1-3H3. The van der Waals surface area contributed by atoms with E-state index < -0.39 is 13.0 Å². The van der Waals surface area contributed by atoms with Crippen LogP contribution in [0.5, 0.6) is 0 Å². The van der Waals surface area contributed by atoms with E-state index >= 15 is 0 Å². The highest BCUT2D eigenvalue weighted by Gasteiger charge is 2.12. The summed E-state index contributed by atoms with van der Waals surface area (Å²) in [5.41, 5.74) is -0.0327. The highest BCUT2D eigenvalue weighted by Crippen LogP contribution is 2.05. The number of nitrogens with zero attached hydrogens (tertiary/aromatic N) is 2. The van der Waals surface area contributed by atoms with E-state index in [-0.39, 0.29) is 12.1 Å². The number of ether oxygens (including phenoxy) is 1. The molecule has 0 aliphatic rings. The summed E-state index contributed by atoms with van der Waals surface area (Å²) in [5, 5.41) is 10.9. The third kappa shape index (κ3) is 6.61. The highest BCUT2D eigenvalue weighted by atomic mass is 19.3. The second kappa shape index (κ2) is 6.75. The summed E-state index contributed by atoms with van der Waals surface area (Å²) in [7, 11) is 0. The molecule has 0 aliphatic carbocycles. The first kappa shape index (κ1) is 15.0. The van der Waals surface area contributed by atoms with Crippen molar-refractivity contribution < 1.29 is 17.9 Å². The third-order valence-electron chi connectivity index (χ3n) is 1.98. The van der Waals surface area contributed by atoms with Gasteiger partial charge >= 0.3 is 0 Å². The monoisotopic (exact) mass is 263 g/mol. The lowest BCUT2D eigenvalue weighted by atomic mass is 10.1. The van der Waals surface area contributed by atoms with E-state index in [1.807, 2.05) is 20.8 Å². The lowest BCUT2D eigenvalue weighted by molar-refractivity contribution is 0.0173. The van der Waals surface area contributed by atoms with E-state index in [0.717, 1.165) is 0 Å². The Morgan fingerprint density at radius 1 is 1.28 bits per heavy atom. The lowest BCUT2D eigenvalue weighted by Gasteiger charge is -2.18. The summed E-state index contributed by atoms with van der Waals surface area (Å²) in [6.45, 7) is 6.16. The maximum absolute atomic E-state index is 11.8. The third-order valence-corrected chi connectivity index (χ3v) is 1.98. The molecule has 0 aromatic carbocycles. The normalized spacial score (nSPS) is 12.3. The first-order chi connectivity index (χ1) is 8.37. The topological polar surface area (TPSA) is 60.2 Å². The van der Waals surface area contributed by atoms with Crippen molar-refractivity contribution in [3.63, 3.8) is 0 Å². The Morgan fingerprint density at radius 2 is 1.94 bits per heavy atom. The number of rotatable bonds is 7. The summed E-state index contributed by atoms with van der Waals surface area (Å²) in [4.78, 5) is 0. The molecule has 0 amide bonds. The fourth-order valence-corrected chi connectivity index (χ4v) is 1.13. The maximum atomic E-state index is 11.8. The summed E-state index contributed by atoms with van der Waals surface area (Å²) < 4.78 is 33.6. The second-order valence-electron chi connectivity index (χ2n) is 4.91. The molecular formula is C11H19F2N3O2. The number of hydrogen-bond acceptors (Lipinski definition) is 5. The van der Waals surface area contributed by atoms with Crippen LogP contribution < -0.4 is 5.32 Å². The summed E-state index contributed by atoms with van der Waals surface area (Å²) >= 11 is 0. The van der Waals surface area contributed by atoms with Gasteiger partial charge in [-0.15, -0.1) is 10.2 Å². The molecule has 0 spiro atoms. The molecule has 0 bridgehead atoms. The fourth-order valence-electron chi connectivity index (χ4n) is 1.13. The van der Waals surface area contributed by atoms with Crippen molar-refractivity contribution in [3.05, 3.63) is 11.8 Å². The van der Waals surface area contributed by atoms with E-state index in [4.69, 9.17) is 9.15 Å². The predicted molar refractivity (Wildman–Crippen MR) is 61.4 cm³/mol. The van der Waals surface area contributed by atoms with Crippen LogP contribution in [-0.4, -0.2) is 35.4 Å². The van der Waals surface area contributed by atoms with Gasteiger partial charge in [-0.2, -0.15) is 0 Å². The minimum Gasteiger partial charge on any atom is -0.424 e.